The van der Waals surface area contributed by atoms with Crippen molar-refractivity contribution in [3.8, 4) is 0 Å². The van der Waals surface area contributed by atoms with Crippen molar-refractivity contribution in [2.24, 2.45) is 27.1 Å². The lowest BCUT2D eigenvalue weighted by atomic mass is 9.76. The zero-order valence-electron chi connectivity index (χ0n) is 35.9. The number of nitrogens with two attached hydrogens (primary N) is 1. The fraction of sp³-hybridized carbons (Fsp3) is 0.732. The predicted molar refractivity (Wildman–Crippen MR) is 212 cm³/mol. The average molecular weight is 780 g/mol. The fourth-order valence-corrected chi connectivity index (χ4v) is 8.78. The first-order chi connectivity index (χ1) is 24.5. The smallest absolute Gasteiger partial charge is 0.363 e. The van der Waals surface area contributed by atoms with Crippen LogP contribution in [-0.4, -0.2) is 126 Å². The second kappa shape index (κ2) is 17.6. The van der Waals surface area contributed by atoms with E-state index in [2.05, 4.69) is 0 Å². The SMILES string of the molecule is CC(C)(C)C(C(=O)O)N(CC[N+](CCN(C(C(=O)O)C(C)(C)C)C(C(=O)O)C(C)(C)C)(C(C(=O)O)C(C)(C)C)C(C(=O)O)C(C)(C)C)Cc1ccc(N)cc1. The molecule has 1 rings (SSSR count). The third kappa shape index (κ3) is 12.6. The van der Waals surface area contributed by atoms with E-state index in [1.807, 2.05) is 0 Å². The molecule has 0 aliphatic rings. The topological polar surface area (TPSA) is 219 Å². The van der Waals surface area contributed by atoms with Crippen LogP contribution in [0, 0.1) is 27.1 Å². The summed E-state index contributed by atoms with van der Waals surface area (Å²) in [7, 11) is 0. The molecule has 55 heavy (non-hydrogen) atoms. The molecule has 0 radical (unpaired) electrons. The second-order valence-electron chi connectivity index (χ2n) is 20.5. The summed E-state index contributed by atoms with van der Waals surface area (Å²) in [5, 5.41) is 54.4. The number of carboxylic acids is 5. The van der Waals surface area contributed by atoms with E-state index in [9.17, 15) is 49.5 Å². The molecular formula is C41H71N4O10+. The van der Waals surface area contributed by atoms with Gasteiger partial charge in [-0.05, 0) is 33.9 Å². The Morgan fingerprint density at radius 3 is 1.13 bits per heavy atom. The van der Waals surface area contributed by atoms with Gasteiger partial charge in [0, 0.05) is 36.2 Å². The molecule has 0 saturated carbocycles. The number of nitrogens with zero attached hydrogens (tertiary/aromatic N) is 3. The maximum atomic E-state index is 13.7. The Kier molecular flexibility index (Phi) is 15.8. The van der Waals surface area contributed by atoms with E-state index in [1.54, 1.807) is 133 Å². The van der Waals surface area contributed by atoms with Gasteiger partial charge >= 0.3 is 29.8 Å². The van der Waals surface area contributed by atoms with Crippen LogP contribution in [0.5, 0.6) is 0 Å². The average Bonchev–Trinajstić information content (AvgIpc) is 2.90. The van der Waals surface area contributed by atoms with Crippen molar-refractivity contribution in [2.75, 3.05) is 31.9 Å². The van der Waals surface area contributed by atoms with E-state index in [0.717, 1.165) is 5.56 Å². The number of hydrogen-bond donors (Lipinski definition) is 6. The summed E-state index contributed by atoms with van der Waals surface area (Å²) in [5.41, 5.74) is 2.14. The zero-order valence-corrected chi connectivity index (χ0v) is 35.9. The molecule has 0 aliphatic carbocycles. The molecule has 5 unspecified atom stereocenters. The number of hydrogen-bond acceptors (Lipinski definition) is 8. The number of aliphatic carboxylic acids is 5. The van der Waals surface area contributed by atoms with Crippen molar-refractivity contribution < 1.29 is 54.0 Å². The summed E-state index contributed by atoms with van der Waals surface area (Å²) in [5.74, 6) is -6.25. The summed E-state index contributed by atoms with van der Waals surface area (Å²) in [4.78, 5) is 69.9. The lowest BCUT2D eigenvalue weighted by molar-refractivity contribution is -0.969. The van der Waals surface area contributed by atoms with Crippen molar-refractivity contribution in [1.82, 2.24) is 9.80 Å². The Labute approximate surface area is 328 Å². The molecule has 14 nitrogen and oxygen atoms in total. The van der Waals surface area contributed by atoms with E-state index in [4.69, 9.17) is 5.73 Å². The lowest BCUT2D eigenvalue weighted by Crippen LogP contribution is -2.75. The van der Waals surface area contributed by atoms with Gasteiger partial charge in [-0.1, -0.05) is 116 Å². The number of rotatable bonds is 18. The van der Waals surface area contributed by atoms with Gasteiger partial charge in [-0.3, -0.25) is 28.7 Å². The molecule has 1 aromatic rings. The molecule has 1 aromatic carbocycles. The van der Waals surface area contributed by atoms with Gasteiger partial charge in [-0.25, -0.2) is 9.59 Å². The zero-order chi connectivity index (χ0) is 43.4. The lowest BCUT2D eigenvalue weighted by Gasteiger charge is -2.55. The van der Waals surface area contributed by atoms with Crippen molar-refractivity contribution in [2.45, 2.75) is 141 Å². The van der Waals surface area contributed by atoms with Gasteiger partial charge in [0.05, 0.1) is 13.1 Å². The number of anilines is 1. The Morgan fingerprint density at radius 1 is 0.527 bits per heavy atom. The molecule has 0 saturated heterocycles. The molecule has 14 heteroatoms. The maximum Gasteiger partial charge on any atom is 0.363 e. The van der Waals surface area contributed by atoms with Gasteiger partial charge in [0.25, 0.3) is 0 Å². The third-order valence-electron chi connectivity index (χ3n) is 10.3. The van der Waals surface area contributed by atoms with Crippen molar-refractivity contribution in [1.29, 1.82) is 0 Å². The molecule has 7 N–H and O–H groups in total. The van der Waals surface area contributed by atoms with E-state index in [1.165, 1.54) is 4.90 Å². The Bertz CT molecular complexity index is 1440. The van der Waals surface area contributed by atoms with Crippen LogP contribution in [-0.2, 0) is 30.5 Å². The first-order valence-electron chi connectivity index (χ1n) is 18.9. The summed E-state index contributed by atoms with van der Waals surface area (Å²) in [6, 6.07) is 0.221. The van der Waals surface area contributed by atoms with Crippen LogP contribution in [0.25, 0.3) is 0 Å². The van der Waals surface area contributed by atoms with Crippen LogP contribution < -0.4 is 5.73 Å². The van der Waals surface area contributed by atoms with Crippen molar-refractivity contribution in [3.05, 3.63) is 29.8 Å². The summed E-state index contributed by atoms with van der Waals surface area (Å²) < 4.78 is -0.643. The first kappa shape index (κ1) is 49.3. The Balaban J connectivity index is 4.47. The number of benzene rings is 1. The van der Waals surface area contributed by atoms with Crippen LogP contribution in [0.3, 0.4) is 0 Å². The number of carboxylic acid groups (broad SMARTS) is 5. The highest BCUT2D eigenvalue weighted by Gasteiger charge is 2.60. The highest BCUT2D eigenvalue weighted by molar-refractivity contribution is 5.79. The minimum atomic E-state index is -1.43. The molecule has 0 heterocycles. The Morgan fingerprint density at radius 2 is 0.855 bits per heavy atom. The van der Waals surface area contributed by atoms with Crippen molar-refractivity contribution in [3.63, 3.8) is 0 Å². The highest BCUT2D eigenvalue weighted by Crippen LogP contribution is 2.41. The largest absolute Gasteiger partial charge is 0.480 e. The van der Waals surface area contributed by atoms with Gasteiger partial charge < -0.3 is 31.3 Å². The minimum Gasteiger partial charge on any atom is -0.480 e. The van der Waals surface area contributed by atoms with Gasteiger partial charge in [-0.15, -0.1) is 0 Å². The molecule has 314 valence electrons. The minimum absolute atomic E-state index is 0.0818. The molecule has 0 aromatic heterocycles. The highest BCUT2D eigenvalue weighted by atomic mass is 16.4. The van der Waals surface area contributed by atoms with E-state index in [0.29, 0.717) is 5.69 Å². The fourth-order valence-electron chi connectivity index (χ4n) is 8.78. The number of nitrogen functional groups attached to an aromatic ring is 1. The monoisotopic (exact) mass is 780 g/mol. The van der Waals surface area contributed by atoms with Crippen LogP contribution in [0.2, 0.25) is 0 Å². The number of carbonyl (C=O) groups is 5. The normalized spacial score (nSPS) is 17.2. The van der Waals surface area contributed by atoms with Crippen LogP contribution in [0.15, 0.2) is 24.3 Å². The Hall–Kier alpha value is -3.75. The van der Waals surface area contributed by atoms with Crippen LogP contribution in [0.4, 0.5) is 5.69 Å². The van der Waals surface area contributed by atoms with Gasteiger partial charge in [0.15, 0.2) is 12.1 Å². The molecule has 5 atom stereocenters. The summed E-state index contributed by atoms with van der Waals surface area (Å²) >= 11 is 0. The van der Waals surface area contributed by atoms with E-state index in [-0.39, 0.29) is 32.7 Å². The van der Waals surface area contributed by atoms with Crippen molar-refractivity contribution >= 4 is 35.5 Å². The molecule has 0 aliphatic heterocycles. The third-order valence-corrected chi connectivity index (χ3v) is 10.3. The quantitative estimate of drug-likeness (QED) is 0.0781. The molecular weight excluding hydrogens is 708 g/mol. The summed E-state index contributed by atoms with van der Waals surface area (Å²) in [6.45, 7) is 24.9. The maximum absolute atomic E-state index is 13.7. The van der Waals surface area contributed by atoms with E-state index >= 15 is 0 Å². The molecule has 0 spiro atoms. The standard InChI is InChI=1S/C41H70N4O10/c1-37(2,3)27(32(46)47)43(24-25-16-18-26(42)19-17-25)20-22-45(30(35(52)53)40(10,11)12,31(36(54)55)41(13,14)15)23-21-44(28(33(48)49)38(4,5)6)29(34(50)51)39(7,8)9/h16-19,27-31H,20-24,42H2,1-15H3,(H4-,46,47,48,49,50,51,52,53,54,55)/p+1. The molecule has 0 amide bonds. The second-order valence-corrected chi connectivity index (χ2v) is 20.5. The number of quaternary nitrogens is 1. The molecule has 0 bridgehead atoms. The van der Waals surface area contributed by atoms with Crippen LogP contribution >= 0.6 is 0 Å². The first-order valence-corrected chi connectivity index (χ1v) is 18.9. The van der Waals surface area contributed by atoms with Crippen LogP contribution in [0.1, 0.15) is 109 Å². The van der Waals surface area contributed by atoms with Gasteiger partial charge in [-0.2, -0.15) is 0 Å². The predicted octanol–water partition coefficient (Wildman–Crippen LogP) is 5.69. The van der Waals surface area contributed by atoms with Gasteiger partial charge in [0.2, 0.25) is 0 Å². The summed E-state index contributed by atoms with van der Waals surface area (Å²) in [6.07, 6.45) is 0. The molecule has 0 fully saturated rings. The van der Waals surface area contributed by atoms with E-state index < -0.39 is 91.6 Å². The van der Waals surface area contributed by atoms with Gasteiger partial charge in [0.1, 0.15) is 18.1 Å².